The van der Waals surface area contributed by atoms with Gasteiger partial charge in [0, 0.05) is 11.6 Å². The molecule has 0 saturated heterocycles. The van der Waals surface area contributed by atoms with E-state index < -0.39 is 6.09 Å². The maximum absolute atomic E-state index is 11.7. The highest BCUT2D eigenvalue weighted by atomic mass is 16.5. The molecule has 0 aliphatic rings. The average Bonchev–Trinajstić information content (AvgIpc) is 3.39. The molecule has 1 amide bonds. The number of methoxy groups -OCH3 is 2. The molecule has 3 heterocycles. The number of aryl methyl sites for hydroxylation is 2. The minimum atomic E-state index is -0.667. The third kappa shape index (κ3) is 4.46. The Morgan fingerprint density at radius 1 is 1.19 bits per heavy atom. The molecular formula is C21H23N7O4. The topological polar surface area (TPSA) is 129 Å². The lowest BCUT2D eigenvalue weighted by Crippen LogP contribution is -2.15. The Hall–Kier alpha value is -4.15. The Morgan fingerprint density at radius 3 is 2.75 bits per heavy atom. The summed E-state index contributed by atoms with van der Waals surface area (Å²) in [4.78, 5) is 20.5. The Kier molecular flexibility index (Phi) is 5.88. The summed E-state index contributed by atoms with van der Waals surface area (Å²) in [7, 11) is 2.91. The predicted molar refractivity (Wildman–Crippen MR) is 117 cm³/mol. The first-order valence-corrected chi connectivity index (χ1v) is 9.85. The van der Waals surface area contributed by atoms with Crippen LogP contribution in [0.25, 0.3) is 11.0 Å². The summed E-state index contributed by atoms with van der Waals surface area (Å²) in [5.74, 6) is 2.05. The summed E-state index contributed by atoms with van der Waals surface area (Å²) in [6, 6.07) is 7.82. The smallest absolute Gasteiger partial charge is 0.413 e. The molecule has 2 N–H and O–H groups in total. The lowest BCUT2D eigenvalue weighted by molar-refractivity contribution is 0.186. The third-order valence-corrected chi connectivity index (χ3v) is 4.76. The van der Waals surface area contributed by atoms with Crippen molar-refractivity contribution in [1.82, 2.24) is 24.9 Å². The second-order valence-corrected chi connectivity index (χ2v) is 7.15. The maximum Gasteiger partial charge on any atom is 0.413 e. The number of carbonyl (C=O) groups is 1. The van der Waals surface area contributed by atoms with E-state index in [9.17, 15) is 4.79 Å². The number of rotatable bonds is 7. The molecule has 1 aromatic carbocycles. The first kappa shape index (κ1) is 21.1. The van der Waals surface area contributed by atoms with E-state index in [1.165, 1.54) is 7.11 Å². The quantitative estimate of drug-likeness (QED) is 0.447. The van der Waals surface area contributed by atoms with E-state index in [2.05, 4.69) is 35.6 Å². The summed E-state index contributed by atoms with van der Waals surface area (Å²) in [6.07, 6.45) is 0.949. The van der Waals surface area contributed by atoms with Crippen molar-refractivity contribution in [2.24, 2.45) is 0 Å². The molecule has 4 aromatic rings. The highest BCUT2D eigenvalue weighted by molar-refractivity contribution is 5.89. The van der Waals surface area contributed by atoms with E-state index in [0.29, 0.717) is 41.4 Å². The van der Waals surface area contributed by atoms with Crippen LogP contribution in [0.15, 0.2) is 35.0 Å². The first-order valence-electron chi connectivity index (χ1n) is 9.85. The van der Waals surface area contributed by atoms with Gasteiger partial charge in [-0.15, -0.1) is 0 Å². The molecule has 0 aliphatic heterocycles. The molecule has 32 heavy (non-hydrogen) atoms. The largest absolute Gasteiger partial charge is 0.496 e. The van der Waals surface area contributed by atoms with Gasteiger partial charge in [-0.05, 0) is 25.5 Å². The average molecular weight is 437 g/mol. The lowest BCUT2D eigenvalue weighted by atomic mass is 10.1. The van der Waals surface area contributed by atoms with Crippen LogP contribution in [0.2, 0.25) is 0 Å². The SMILES string of the molecule is COC(=O)Nc1nc(NCc2cc(C)on2)c2c(cnn2Cc2ccc(C)cc2OC)n1. The minimum Gasteiger partial charge on any atom is -0.496 e. The number of benzene rings is 1. The van der Waals surface area contributed by atoms with Gasteiger partial charge in [0.2, 0.25) is 5.95 Å². The molecule has 0 saturated carbocycles. The Bertz CT molecular complexity index is 1260. The van der Waals surface area contributed by atoms with E-state index >= 15 is 0 Å². The van der Waals surface area contributed by atoms with Gasteiger partial charge in [0.25, 0.3) is 0 Å². The molecule has 0 unspecified atom stereocenters. The highest BCUT2D eigenvalue weighted by Gasteiger charge is 2.17. The fourth-order valence-electron chi connectivity index (χ4n) is 3.26. The second kappa shape index (κ2) is 8.92. The van der Waals surface area contributed by atoms with Gasteiger partial charge in [0.1, 0.15) is 28.2 Å². The second-order valence-electron chi connectivity index (χ2n) is 7.15. The van der Waals surface area contributed by atoms with Crippen LogP contribution < -0.4 is 15.4 Å². The van der Waals surface area contributed by atoms with Gasteiger partial charge in [-0.2, -0.15) is 10.1 Å². The summed E-state index contributed by atoms with van der Waals surface area (Å²) in [6.45, 7) is 4.63. The van der Waals surface area contributed by atoms with Crippen molar-refractivity contribution in [2.45, 2.75) is 26.9 Å². The monoisotopic (exact) mass is 437 g/mol. The van der Waals surface area contributed by atoms with Crippen LogP contribution in [0, 0.1) is 13.8 Å². The highest BCUT2D eigenvalue weighted by Crippen LogP contribution is 2.26. The Balaban J connectivity index is 1.72. The van der Waals surface area contributed by atoms with E-state index in [-0.39, 0.29) is 5.95 Å². The van der Waals surface area contributed by atoms with E-state index in [0.717, 1.165) is 16.9 Å². The number of hydrogen-bond acceptors (Lipinski definition) is 9. The third-order valence-electron chi connectivity index (χ3n) is 4.76. The van der Waals surface area contributed by atoms with Gasteiger partial charge in [0.15, 0.2) is 5.82 Å². The van der Waals surface area contributed by atoms with Crippen molar-refractivity contribution in [3.8, 4) is 5.75 Å². The molecule has 4 rings (SSSR count). The van der Waals surface area contributed by atoms with E-state index in [4.69, 9.17) is 9.26 Å². The number of nitrogens with one attached hydrogen (secondary N) is 2. The first-order chi connectivity index (χ1) is 15.5. The summed E-state index contributed by atoms with van der Waals surface area (Å²) >= 11 is 0. The molecule has 166 valence electrons. The Labute approximate surface area is 183 Å². The van der Waals surface area contributed by atoms with Gasteiger partial charge >= 0.3 is 6.09 Å². The zero-order chi connectivity index (χ0) is 22.7. The summed E-state index contributed by atoms with van der Waals surface area (Å²) in [5.41, 5.74) is 3.99. The Morgan fingerprint density at radius 2 is 2.03 bits per heavy atom. The van der Waals surface area contributed by atoms with E-state index in [1.54, 1.807) is 18.0 Å². The number of anilines is 2. The molecule has 0 bridgehead atoms. The number of aromatic nitrogens is 5. The predicted octanol–water partition coefficient (Wildman–Crippen LogP) is 3.28. The number of nitrogens with zero attached hydrogens (tertiary/aromatic N) is 5. The van der Waals surface area contributed by atoms with E-state index in [1.807, 2.05) is 38.1 Å². The van der Waals surface area contributed by atoms with Crippen LogP contribution in [0.4, 0.5) is 16.6 Å². The van der Waals surface area contributed by atoms with Crippen molar-refractivity contribution in [3.05, 3.63) is 53.0 Å². The summed E-state index contributed by atoms with van der Waals surface area (Å²) < 4.78 is 17.1. The number of hydrogen-bond donors (Lipinski definition) is 2. The van der Waals surface area contributed by atoms with Crippen molar-refractivity contribution in [2.75, 3.05) is 24.9 Å². The van der Waals surface area contributed by atoms with Crippen LogP contribution in [0.1, 0.15) is 22.6 Å². The fourth-order valence-corrected chi connectivity index (χ4v) is 3.26. The number of fused-ring (bicyclic) bond motifs is 1. The van der Waals surface area contributed by atoms with Gasteiger partial charge in [0.05, 0.1) is 33.5 Å². The number of ether oxygens (including phenoxy) is 2. The fraction of sp³-hybridized carbons (Fsp3) is 0.286. The molecule has 11 heteroatoms. The number of amides is 1. The van der Waals surface area contributed by atoms with Crippen molar-refractivity contribution in [1.29, 1.82) is 0 Å². The maximum atomic E-state index is 11.7. The van der Waals surface area contributed by atoms with Crippen molar-refractivity contribution >= 4 is 28.9 Å². The molecule has 0 spiro atoms. The molecule has 11 nitrogen and oxygen atoms in total. The van der Waals surface area contributed by atoms with Crippen LogP contribution in [0.3, 0.4) is 0 Å². The molecular weight excluding hydrogens is 414 g/mol. The lowest BCUT2D eigenvalue weighted by Gasteiger charge is -2.13. The van der Waals surface area contributed by atoms with Gasteiger partial charge < -0.3 is 19.3 Å². The van der Waals surface area contributed by atoms with Crippen LogP contribution >= 0.6 is 0 Å². The normalized spacial score (nSPS) is 10.9. The molecule has 0 aliphatic carbocycles. The zero-order valence-corrected chi connectivity index (χ0v) is 18.2. The zero-order valence-electron chi connectivity index (χ0n) is 18.2. The summed E-state index contributed by atoms with van der Waals surface area (Å²) in [5, 5.41) is 14.2. The molecule has 0 radical (unpaired) electrons. The molecule has 3 aromatic heterocycles. The van der Waals surface area contributed by atoms with Gasteiger partial charge in [-0.3, -0.25) is 10.00 Å². The minimum absolute atomic E-state index is 0.0932. The van der Waals surface area contributed by atoms with Gasteiger partial charge in [-0.1, -0.05) is 17.3 Å². The standard InChI is InChI=1S/C21H23N7O4/c1-12-5-6-14(17(7-12)30-3)11-28-18-16(10-23-28)24-20(26-21(29)31-4)25-19(18)22-9-15-8-13(2)32-27-15/h5-8,10H,9,11H2,1-4H3,(H2,22,24,25,26,29). The van der Waals surface area contributed by atoms with Crippen LogP contribution in [0.5, 0.6) is 5.75 Å². The van der Waals surface area contributed by atoms with Crippen molar-refractivity contribution in [3.63, 3.8) is 0 Å². The van der Waals surface area contributed by atoms with Gasteiger partial charge in [-0.25, -0.2) is 9.78 Å². The van der Waals surface area contributed by atoms with Crippen molar-refractivity contribution < 1.29 is 18.8 Å². The molecule has 0 atom stereocenters. The number of carbonyl (C=O) groups excluding carboxylic acids is 1. The van der Waals surface area contributed by atoms with Crippen LogP contribution in [-0.2, 0) is 17.8 Å². The van der Waals surface area contributed by atoms with Crippen LogP contribution in [-0.4, -0.2) is 45.2 Å². The molecule has 0 fully saturated rings.